The molecular formula is C11H20O. The van der Waals surface area contributed by atoms with Gasteiger partial charge in [-0.15, -0.1) is 0 Å². The fourth-order valence-corrected chi connectivity index (χ4v) is 0.858. The van der Waals surface area contributed by atoms with Gasteiger partial charge in [-0.25, -0.2) is 0 Å². The molecule has 0 fully saturated rings. The maximum atomic E-state index is 9.19. The van der Waals surface area contributed by atoms with Crippen LogP contribution in [-0.4, -0.2) is 11.2 Å². The summed E-state index contributed by atoms with van der Waals surface area (Å²) in [6.07, 6.45) is 12.0. The van der Waals surface area contributed by atoms with Crippen LogP contribution >= 0.6 is 0 Å². The summed E-state index contributed by atoms with van der Waals surface area (Å²) < 4.78 is 0. The number of allylic oxidation sites excluding steroid dienone is 3. The lowest BCUT2D eigenvalue weighted by Gasteiger charge is -2.00. The molecule has 0 aliphatic carbocycles. The zero-order valence-corrected chi connectivity index (χ0v) is 8.16. The van der Waals surface area contributed by atoms with Gasteiger partial charge in [0.25, 0.3) is 0 Å². The maximum absolute atomic E-state index is 9.19. The van der Waals surface area contributed by atoms with E-state index in [4.69, 9.17) is 0 Å². The summed E-state index contributed by atoms with van der Waals surface area (Å²) in [7, 11) is 0. The highest BCUT2D eigenvalue weighted by Gasteiger charge is 1.93. The Bertz CT molecular complexity index is 136. The third-order valence-electron chi connectivity index (χ3n) is 1.72. The molecule has 1 heteroatoms. The first-order chi connectivity index (χ1) is 5.81. The predicted molar refractivity (Wildman–Crippen MR) is 54.1 cm³/mol. The van der Waals surface area contributed by atoms with Crippen LogP contribution in [-0.2, 0) is 0 Å². The molecule has 1 N–H and O–H groups in total. The molecular weight excluding hydrogens is 148 g/mol. The molecule has 0 aliphatic rings. The summed E-state index contributed by atoms with van der Waals surface area (Å²) in [5, 5.41) is 9.19. The van der Waals surface area contributed by atoms with E-state index in [1.807, 2.05) is 13.0 Å². The summed E-state index contributed by atoms with van der Waals surface area (Å²) in [4.78, 5) is 0. The van der Waals surface area contributed by atoms with Gasteiger partial charge in [-0.2, -0.15) is 0 Å². The van der Waals surface area contributed by atoms with Gasteiger partial charge >= 0.3 is 0 Å². The molecule has 0 saturated heterocycles. The molecule has 1 nitrogen and oxygen atoms in total. The number of rotatable bonds is 6. The molecule has 0 amide bonds. The second-order valence-electron chi connectivity index (χ2n) is 2.88. The highest BCUT2D eigenvalue weighted by Crippen LogP contribution is 1.98. The quantitative estimate of drug-likeness (QED) is 0.604. The minimum atomic E-state index is -0.156. The van der Waals surface area contributed by atoms with Crippen molar-refractivity contribution in [1.82, 2.24) is 0 Å². The van der Waals surface area contributed by atoms with Gasteiger partial charge in [-0.1, -0.05) is 38.2 Å². The number of aliphatic hydroxyl groups excluding tert-OH is 1. The summed E-state index contributed by atoms with van der Waals surface area (Å²) in [5.41, 5.74) is 0. The van der Waals surface area contributed by atoms with E-state index in [1.54, 1.807) is 0 Å². The van der Waals surface area contributed by atoms with E-state index in [0.29, 0.717) is 0 Å². The van der Waals surface area contributed by atoms with Crippen molar-refractivity contribution in [3.8, 4) is 0 Å². The van der Waals surface area contributed by atoms with Gasteiger partial charge in [-0.3, -0.25) is 0 Å². The van der Waals surface area contributed by atoms with E-state index in [1.165, 1.54) is 0 Å². The SMILES string of the molecule is CC/C=C/C/C=C/CC(O)CC. The lowest BCUT2D eigenvalue weighted by Crippen LogP contribution is -2.00. The van der Waals surface area contributed by atoms with Crippen LogP contribution in [0.4, 0.5) is 0 Å². The van der Waals surface area contributed by atoms with Gasteiger partial charge < -0.3 is 5.11 Å². The maximum Gasteiger partial charge on any atom is 0.0572 e. The molecule has 0 aromatic carbocycles. The number of hydrogen-bond acceptors (Lipinski definition) is 1. The lowest BCUT2D eigenvalue weighted by molar-refractivity contribution is 0.173. The van der Waals surface area contributed by atoms with Crippen LogP contribution in [0.2, 0.25) is 0 Å². The van der Waals surface area contributed by atoms with Gasteiger partial charge in [0, 0.05) is 0 Å². The first-order valence-corrected chi connectivity index (χ1v) is 4.79. The summed E-state index contributed by atoms with van der Waals surface area (Å²) in [6, 6.07) is 0. The zero-order chi connectivity index (χ0) is 9.23. The molecule has 0 radical (unpaired) electrons. The molecule has 70 valence electrons. The Morgan fingerprint density at radius 2 is 1.75 bits per heavy atom. The average Bonchev–Trinajstić information content (AvgIpc) is 2.10. The minimum Gasteiger partial charge on any atom is -0.393 e. The molecule has 0 spiro atoms. The normalized spacial score (nSPS) is 14.6. The van der Waals surface area contributed by atoms with Gasteiger partial charge in [-0.05, 0) is 25.7 Å². The first kappa shape index (κ1) is 11.4. The standard InChI is InChI=1S/C11H20O/c1-3-5-6-7-8-9-10-11(12)4-2/h5-6,8-9,11-12H,3-4,7,10H2,1-2H3/b6-5+,9-8+. The predicted octanol–water partition coefficient (Wildman–Crippen LogP) is 3.06. The molecule has 1 unspecified atom stereocenters. The number of hydrogen-bond donors (Lipinski definition) is 1. The lowest BCUT2D eigenvalue weighted by atomic mass is 10.2. The van der Waals surface area contributed by atoms with Crippen LogP contribution in [0.1, 0.15) is 39.5 Å². The Hall–Kier alpha value is -0.560. The minimum absolute atomic E-state index is 0.156. The van der Waals surface area contributed by atoms with Crippen molar-refractivity contribution in [2.75, 3.05) is 0 Å². The Balaban J connectivity index is 3.31. The van der Waals surface area contributed by atoms with Crippen molar-refractivity contribution in [3.05, 3.63) is 24.3 Å². The molecule has 0 aromatic rings. The first-order valence-electron chi connectivity index (χ1n) is 4.79. The molecule has 0 saturated carbocycles. The summed E-state index contributed by atoms with van der Waals surface area (Å²) in [5.74, 6) is 0. The van der Waals surface area contributed by atoms with Crippen LogP contribution in [0.15, 0.2) is 24.3 Å². The van der Waals surface area contributed by atoms with Crippen molar-refractivity contribution < 1.29 is 5.11 Å². The molecule has 0 heterocycles. The van der Waals surface area contributed by atoms with Gasteiger partial charge in [0.05, 0.1) is 6.10 Å². The van der Waals surface area contributed by atoms with Crippen LogP contribution in [0.25, 0.3) is 0 Å². The van der Waals surface area contributed by atoms with Gasteiger partial charge in [0.15, 0.2) is 0 Å². The highest BCUT2D eigenvalue weighted by molar-refractivity contribution is 4.92. The fraction of sp³-hybridized carbons (Fsp3) is 0.636. The van der Waals surface area contributed by atoms with Gasteiger partial charge in [0.2, 0.25) is 0 Å². The molecule has 0 aromatic heterocycles. The monoisotopic (exact) mass is 168 g/mol. The van der Waals surface area contributed by atoms with E-state index in [0.717, 1.165) is 25.7 Å². The van der Waals surface area contributed by atoms with Crippen molar-refractivity contribution in [2.24, 2.45) is 0 Å². The smallest absolute Gasteiger partial charge is 0.0572 e. The second-order valence-corrected chi connectivity index (χ2v) is 2.88. The van der Waals surface area contributed by atoms with Crippen molar-refractivity contribution >= 4 is 0 Å². The van der Waals surface area contributed by atoms with Crippen LogP contribution in [0.3, 0.4) is 0 Å². The summed E-state index contributed by atoms with van der Waals surface area (Å²) >= 11 is 0. The van der Waals surface area contributed by atoms with E-state index in [9.17, 15) is 5.11 Å². The zero-order valence-electron chi connectivity index (χ0n) is 8.16. The van der Waals surface area contributed by atoms with E-state index in [-0.39, 0.29) is 6.10 Å². The molecule has 0 bridgehead atoms. The van der Waals surface area contributed by atoms with Crippen LogP contribution in [0, 0.1) is 0 Å². The van der Waals surface area contributed by atoms with E-state index >= 15 is 0 Å². The third-order valence-corrected chi connectivity index (χ3v) is 1.72. The average molecular weight is 168 g/mol. The van der Waals surface area contributed by atoms with Crippen molar-refractivity contribution in [3.63, 3.8) is 0 Å². The van der Waals surface area contributed by atoms with Crippen LogP contribution in [0.5, 0.6) is 0 Å². The van der Waals surface area contributed by atoms with Crippen LogP contribution < -0.4 is 0 Å². The third kappa shape index (κ3) is 7.55. The fourth-order valence-electron chi connectivity index (χ4n) is 0.858. The Kier molecular flexibility index (Phi) is 8.14. The van der Waals surface area contributed by atoms with Gasteiger partial charge in [0.1, 0.15) is 0 Å². The molecule has 0 rings (SSSR count). The van der Waals surface area contributed by atoms with Crippen molar-refractivity contribution in [2.45, 2.75) is 45.6 Å². The number of aliphatic hydroxyl groups is 1. The van der Waals surface area contributed by atoms with Crippen molar-refractivity contribution in [1.29, 1.82) is 0 Å². The molecule has 0 aliphatic heterocycles. The highest BCUT2D eigenvalue weighted by atomic mass is 16.3. The topological polar surface area (TPSA) is 20.2 Å². The Morgan fingerprint density at radius 1 is 1.08 bits per heavy atom. The Labute approximate surface area is 75.8 Å². The summed E-state index contributed by atoms with van der Waals surface area (Å²) in [6.45, 7) is 4.12. The Morgan fingerprint density at radius 3 is 2.33 bits per heavy atom. The van der Waals surface area contributed by atoms with E-state index < -0.39 is 0 Å². The molecule has 12 heavy (non-hydrogen) atoms. The van der Waals surface area contributed by atoms with E-state index in [2.05, 4.69) is 25.2 Å². The largest absolute Gasteiger partial charge is 0.393 e. The molecule has 1 atom stereocenters. The second kappa shape index (κ2) is 8.54.